The van der Waals surface area contributed by atoms with Gasteiger partial charge < -0.3 is 10.6 Å². The first-order valence-electron chi connectivity index (χ1n) is 5.42. The van der Waals surface area contributed by atoms with Crippen LogP contribution in [0, 0.1) is 0 Å². The van der Waals surface area contributed by atoms with Crippen LogP contribution in [0.4, 0.5) is 11.4 Å². The molecule has 0 atom stereocenters. The van der Waals surface area contributed by atoms with Crippen molar-refractivity contribution in [1.82, 2.24) is 4.98 Å². The van der Waals surface area contributed by atoms with Gasteiger partial charge in [-0.15, -0.1) is 0 Å². The van der Waals surface area contributed by atoms with Crippen LogP contribution in [0.3, 0.4) is 0 Å². The Bertz CT molecular complexity index is 560. The minimum atomic E-state index is 0.679. The van der Waals surface area contributed by atoms with Gasteiger partial charge in [-0.2, -0.15) is 0 Å². The number of hydrogen-bond acceptors (Lipinski definition) is 3. The van der Waals surface area contributed by atoms with E-state index in [0.29, 0.717) is 10.7 Å². The number of anilines is 2. The fourth-order valence-electron chi connectivity index (χ4n) is 1.75. The Morgan fingerprint density at radius 3 is 2.83 bits per heavy atom. The van der Waals surface area contributed by atoms with Crippen LogP contribution in [0.2, 0.25) is 5.02 Å². The Labute approximate surface area is 120 Å². The van der Waals surface area contributed by atoms with Crippen LogP contribution in [0.5, 0.6) is 0 Å². The van der Waals surface area contributed by atoms with E-state index in [1.54, 1.807) is 12.3 Å². The lowest BCUT2D eigenvalue weighted by Crippen LogP contribution is -2.17. The van der Waals surface area contributed by atoms with Gasteiger partial charge >= 0.3 is 0 Å². The number of aromatic nitrogens is 1. The molecule has 1 heterocycles. The largest absolute Gasteiger partial charge is 0.397 e. The van der Waals surface area contributed by atoms with E-state index in [4.69, 9.17) is 17.3 Å². The lowest BCUT2D eigenvalue weighted by molar-refractivity contribution is 0.915. The van der Waals surface area contributed by atoms with Crippen molar-refractivity contribution in [1.29, 1.82) is 0 Å². The fraction of sp³-hybridized carbons (Fsp3) is 0.154. The molecule has 0 aliphatic heterocycles. The van der Waals surface area contributed by atoms with Gasteiger partial charge in [0.25, 0.3) is 0 Å². The van der Waals surface area contributed by atoms with Crippen LogP contribution in [0.15, 0.2) is 41.1 Å². The van der Waals surface area contributed by atoms with Gasteiger partial charge in [-0.3, -0.25) is 4.98 Å². The van der Waals surface area contributed by atoms with E-state index in [0.717, 1.165) is 22.3 Å². The molecule has 18 heavy (non-hydrogen) atoms. The Kier molecular flexibility index (Phi) is 4.09. The molecule has 0 amide bonds. The highest BCUT2D eigenvalue weighted by molar-refractivity contribution is 9.10. The molecule has 5 heteroatoms. The maximum atomic E-state index is 5.99. The molecule has 0 fully saturated rings. The Morgan fingerprint density at radius 2 is 2.11 bits per heavy atom. The number of rotatable bonds is 3. The van der Waals surface area contributed by atoms with Crippen molar-refractivity contribution in [2.45, 2.75) is 6.54 Å². The van der Waals surface area contributed by atoms with Crippen molar-refractivity contribution < 1.29 is 0 Å². The van der Waals surface area contributed by atoms with E-state index in [1.807, 2.05) is 36.3 Å². The molecule has 0 aliphatic rings. The summed E-state index contributed by atoms with van der Waals surface area (Å²) in [5, 5.41) is 0.679. The van der Waals surface area contributed by atoms with E-state index in [1.165, 1.54) is 0 Å². The van der Waals surface area contributed by atoms with Crippen molar-refractivity contribution in [2.24, 2.45) is 0 Å². The average molecular weight is 327 g/mol. The molecule has 94 valence electrons. The Balaban J connectivity index is 2.21. The average Bonchev–Trinajstić information content (AvgIpc) is 2.32. The van der Waals surface area contributed by atoms with Crippen LogP contribution in [0.1, 0.15) is 5.56 Å². The zero-order valence-corrected chi connectivity index (χ0v) is 12.2. The fourth-order valence-corrected chi connectivity index (χ4v) is 2.33. The van der Waals surface area contributed by atoms with E-state index in [9.17, 15) is 0 Å². The van der Waals surface area contributed by atoms with Gasteiger partial charge in [-0.25, -0.2) is 0 Å². The molecule has 0 saturated carbocycles. The lowest BCUT2D eigenvalue weighted by Gasteiger charge is -2.21. The second-order valence-corrected chi connectivity index (χ2v) is 5.42. The number of hydrogen-bond donors (Lipinski definition) is 1. The second kappa shape index (κ2) is 5.59. The molecule has 2 N–H and O–H groups in total. The third-order valence-corrected chi connectivity index (χ3v) is 3.25. The number of pyridine rings is 1. The predicted molar refractivity (Wildman–Crippen MR) is 79.9 cm³/mol. The molecule has 2 rings (SSSR count). The topological polar surface area (TPSA) is 42.2 Å². The molecule has 0 unspecified atom stereocenters. The van der Waals surface area contributed by atoms with Crippen molar-refractivity contribution in [3.63, 3.8) is 0 Å². The van der Waals surface area contributed by atoms with Crippen LogP contribution in [-0.2, 0) is 6.54 Å². The van der Waals surface area contributed by atoms with Crippen molar-refractivity contribution in [3.8, 4) is 0 Å². The lowest BCUT2D eigenvalue weighted by atomic mass is 10.2. The molecular formula is C13H13BrClN3. The molecule has 0 radical (unpaired) electrons. The first-order chi connectivity index (χ1) is 8.56. The zero-order valence-electron chi connectivity index (χ0n) is 9.90. The first-order valence-corrected chi connectivity index (χ1v) is 6.59. The van der Waals surface area contributed by atoms with Gasteiger partial charge in [-0.05, 0) is 45.8 Å². The third kappa shape index (κ3) is 3.15. The smallest absolute Gasteiger partial charge is 0.0615 e. The highest BCUT2D eigenvalue weighted by Crippen LogP contribution is 2.27. The Morgan fingerprint density at radius 1 is 1.33 bits per heavy atom. The summed E-state index contributed by atoms with van der Waals surface area (Å²) in [7, 11) is 1.98. The summed E-state index contributed by atoms with van der Waals surface area (Å²) in [6, 6.07) is 7.49. The molecule has 3 nitrogen and oxygen atoms in total. The van der Waals surface area contributed by atoms with E-state index < -0.39 is 0 Å². The molecule has 0 bridgehead atoms. The molecule has 0 aliphatic carbocycles. The SMILES string of the molecule is CN(Cc1cncc(Br)c1)c1cc(Cl)ccc1N. The molecule has 2 aromatic rings. The Hall–Kier alpha value is -1.26. The standard InChI is InChI=1S/C13H13BrClN3/c1-18(8-9-4-10(14)7-17-6-9)13-5-11(15)2-3-12(13)16/h2-7H,8,16H2,1H3. The van der Waals surface area contributed by atoms with E-state index in [-0.39, 0.29) is 0 Å². The van der Waals surface area contributed by atoms with Crippen molar-refractivity contribution in [2.75, 3.05) is 17.7 Å². The van der Waals surface area contributed by atoms with Gasteiger partial charge in [-0.1, -0.05) is 11.6 Å². The summed E-state index contributed by atoms with van der Waals surface area (Å²) in [5.74, 6) is 0. The number of nitrogens with zero attached hydrogens (tertiary/aromatic N) is 2. The van der Waals surface area contributed by atoms with Gasteiger partial charge in [0, 0.05) is 35.5 Å². The van der Waals surface area contributed by atoms with Gasteiger partial charge in [0.15, 0.2) is 0 Å². The maximum absolute atomic E-state index is 5.99. The summed E-state index contributed by atoms with van der Waals surface area (Å²) in [4.78, 5) is 6.19. The van der Waals surface area contributed by atoms with Crippen LogP contribution < -0.4 is 10.6 Å². The van der Waals surface area contributed by atoms with Crippen molar-refractivity contribution in [3.05, 3.63) is 51.7 Å². The molecule has 1 aromatic heterocycles. The van der Waals surface area contributed by atoms with E-state index in [2.05, 4.69) is 20.9 Å². The predicted octanol–water partition coefficient (Wildman–Crippen LogP) is 3.72. The number of nitrogen functional groups attached to an aromatic ring is 1. The molecule has 0 saturated heterocycles. The summed E-state index contributed by atoms with van der Waals surface area (Å²) in [6.07, 6.45) is 3.60. The van der Waals surface area contributed by atoms with Crippen LogP contribution >= 0.6 is 27.5 Å². The minimum absolute atomic E-state index is 0.679. The van der Waals surface area contributed by atoms with Gasteiger partial charge in [0.1, 0.15) is 0 Å². The highest BCUT2D eigenvalue weighted by Gasteiger charge is 2.07. The highest BCUT2D eigenvalue weighted by atomic mass is 79.9. The second-order valence-electron chi connectivity index (χ2n) is 4.07. The van der Waals surface area contributed by atoms with Gasteiger partial charge in [0.05, 0.1) is 11.4 Å². The van der Waals surface area contributed by atoms with Gasteiger partial charge in [0.2, 0.25) is 0 Å². The normalized spacial score (nSPS) is 10.4. The molecule has 1 aromatic carbocycles. The van der Waals surface area contributed by atoms with Crippen molar-refractivity contribution >= 4 is 38.9 Å². The summed E-state index contributed by atoms with van der Waals surface area (Å²) in [6.45, 7) is 0.719. The third-order valence-electron chi connectivity index (χ3n) is 2.58. The quantitative estimate of drug-likeness (QED) is 0.874. The molecule has 0 spiro atoms. The number of halogens is 2. The maximum Gasteiger partial charge on any atom is 0.0615 e. The monoisotopic (exact) mass is 325 g/mol. The van der Waals surface area contributed by atoms with E-state index >= 15 is 0 Å². The zero-order chi connectivity index (χ0) is 13.1. The number of benzene rings is 1. The summed E-state index contributed by atoms with van der Waals surface area (Å²) < 4.78 is 0.965. The first kappa shape index (κ1) is 13.2. The molecular weight excluding hydrogens is 314 g/mol. The summed E-state index contributed by atoms with van der Waals surface area (Å²) in [5.41, 5.74) is 8.68. The van der Waals surface area contributed by atoms with Crippen LogP contribution in [-0.4, -0.2) is 12.0 Å². The summed E-state index contributed by atoms with van der Waals surface area (Å²) >= 11 is 9.39. The number of nitrogens with two attached hydrogens (primary N) is 1. The van der Waals surface area contributed by atoms with Crippen LogP contribution in [0.25, 0.3) is 0 Å². The minimum Gasteiger partial charge on any atom is -0.397 e.